The van der Waals surface area contributed by atoms with Gasteiger partial charge in [0, 0.05) is 31.9 Å². The van der Waals surface area contributed by atoms with Crippen LogP contribution in [0.5, 0.6) is 0 Å². The molecular weight excluding hydrogens is 319 g/mol. The van der Waals surface area contributed by atoms with Crippen LogP contribution in [0.3, 0.4) is 0 Å². The highest BCUT2D eigenvalue weighted by Crippen LogP contribution is 2.17. The summed E-state index contributed by atoms with van der Waals surface area (Å²) >= 11 is 0. The van der Waals surface area contributed by atoms with Crippen LogP contribution in [-0.4, -0.2) is 43.5 Å². The quantitative estimate of drug-likeness (QED) is 0.930. The molecule has 3 rings (SSSR count). The fourth-order valence-corrected chi connectivity index (χ4v) is 2.88. The predicted molar refractivity (Wildman–Crippen MR) is 94.8 cm³/mol. The topological polar surface area (TPSA) is 59.4 Å². The number of carbonyl (C=O) groups is 1. The lowest BCUT2D eigenvalue weighted by atomic mass is 10.2. The van der Waals surface area contributed by atoms with Crippen LogP contribution in [0.25, 0.3) is 0 Å². The summed E-state index contributed by atoms with van der Waals surface area (Å²) in [4.78, 5) is 16.3. The predicted octanol–water partition coefficient (Wildman–Crippen LogP) is 2.46. The van der Waals surface area contributed by atoms with Crippen molar-refractivity contribution in [1.29, 1.82) is 5.26 Å². The van der Waals surface area contributed by atoms with Crippen molar-refractivity contribution in [2.24, 2.45) is 0 Å². The number of hydrogen-bond acceptors (Lipinski definition) is 4. The van der Waals surface area contributed by atoms with Crippen LogP contribution in [0, 0.1) is 17.1 Å². The van der Waals surface area contributed by atoms with Gasteiger partial charge in [-0.1, -0.05) is 12.1 Å². The number of nitrogens with one attached hydrogen (secondary N) is 1. The van der Waals surface area contributed by atoms with E-state index in [0.717, 1.165) is 5.69 Å². The molecule has 128 valence electrons. The average molecular weight is 338 g/mol. The number of rotatable bonds is 4. The normalized spacial score (nSPS) is 14.1. The van der Waals surface area contributed by atoms with Gasteiger partial charge in [0.25, 0.3) is 0 Å². The number of benzene rings is 2. The molecule has 2 aromatic rings. The smallest absolute Gasteiger partial charge is 0.241 e. The second-order valence-corrected chi connectivity index (χ2v) is 5.86. The van der Waals surface area contributed by atoms with E-state index >= 15 is 0 Å². The third kappa shape index (κ3) is 4.07. The van der Waals surface area contributed by atoms with Crippen molar-refractivity contribution >= 4 is 17.3 Å². The SMILES string of the molecule is N#Cc1ccccc1NCC(=O)N1CCN(c2ccc(F)cc2)CC1. The molecule has 0 aromatic heterocycles. The van der Waals surface area contributed by atoms with Crippen molar-refractivity contribution in [3.63, 3.8) is 0 Å². The van der Waals surface area contributed by atoms with Gasteiger partial charge in [0.1, 0.15) is 11.9 Å². The molecule has 25 heavy (non-hydrogen) atoms. The van der Waals surface area contributed by atoms with E-state index < -0.39 is 0 Å². The van der Waals surface area contributed by atoms with Crippen LogP contribution in [0.15, 0.2) is 48.5 Å². The summed E-state index contributed by atoms with van der Waals surface area (Å²) in [7, 11) is 0. The molecule has 1 fully saturated rings. The Balaban J connectivity index is 1.51. The van der Waals surface area contributed by atoms with Crippen LogP contribution in [0.2, 0.25) is 0 Å². The second kappa shape index (κ2) is 7.67. The fraction of sp³-hybridized carbons (Fsp3) is 0.263. The van der Waals surface area contributed by atoms with E-state index in [1.807, 2.05) is 11.0 Å². The molecule has 5 nitrogen and oxygen atoms in total. The number of nitrogens with zero attached hydrogens (tertiary/aromatic N) is 3. The van der Waals surface area contributed by atoms with Crippen molar-refractivity contribution in [3.8, 4) is 6.07 Å². The maximum atomic E-state index is 13.0. The van der Waals surface area contributed by atoms with Gasteiger partial charge >= 0.3 is 0 Å². The molecule has 2 aromatic carbocycles. The maximum absolute atomic E-state index is 13.0. The molecule has 1 saturated heterocycles. The maximum Gasteiger partial charge on any atom is 0.241 e. The molecule has 1 N–H and O–H groups in total. The molecule has 1 heterocycles. The van der Waals surface area contributed by atoms with Gasteiger partial charge in [0.15, 0.2) is 0 Å². The van der Waals surface area contributed by atoms with Gasteiger partial charge in [-0.05, 0) is 36.4 Å². The van der Waals surface area contributed by atoms with E-state index in [1.54, 1.807) is 30.3 Å². The van der Waals surface area contributed by atoms with Crippen LogP contribution >= 0.6 is 0 Å². The van der Waals surface area contributed by atoms with Gasteiger partial charge in [-0.15, -0.1) is 0 Å². The standard InChI is InChI=1S/C19H19FN4O/c20-16-5-7-17(8-6-16)23-9-11-24(12-10-23)19(25)14-22-18-4-2-1-3-15(18)13-21/h1-8,22H,9-12,14H2. The van der Waals surface area contributed by atoms with Crippen molar-refractivity contribution in [1.82, 2.24) is 4.90 Å². The molecule has 0 saturated carbocycles. The zero-order valence-electron chi connectivity index (χ0n) is 13.8. The Morgan fingerprint density at radius 2 is 1.76 bits per heavy atom. The Morgan fingerprint density at radius 1 is 1.08 bits per heavy atom. The van der Waals surface area contributed by atoms with E-state index in [-0.39, 0.29) is 18.3 Å². The van der Waals surface area contributed by atoms with Gasteiger partial charge in [-0.3, -0.25) is 4.79 Å². The monoisotopic (exact) mass is 338 g/mol. The Hall–Kier alpha value is -3.07. The van der Waals surface area contributed by atoms with Gasteiger partial charge in [0.05, 0.1) is 17.8 Å². The molecule has 1 aliphatic heterocycles. The highest BCUT2D eigenvalue weighted by atomic mass is 19.1. The molecule has 0 aliphatic carbocycles. The first-order valence-electron chi connectivity index (χ1n) is 8.18. The third-order valence-corrected chi connectivity index (χ3v) is 4.30. The number of piperazine rings is 1. The zero-order chi connectivity index (χ0) is 17.6. The minimum atomic E-state index is -0.249. The van der Waals surface area contributed by atoms with Crippen molar-refractivity contribution in [3.05, 3.63) is 59.9 Å². The first-order chi connectivity index (χ1) is 12.2. The second-order valence-electron chi connectivity index (χ2n) is 5.86. The zero-order valence-corrected chi connectivity index (χ0v) is 13.8. The van der Waals surface area contributed by atoms with Crippen molar-refractivity contribution in [2.45, 2.75) is 0 Å². The van der Waals surface area contributed by atoms with E-state index in [2.05, 4.69) is 16.3 Å². The highest BCUT2D eigenvalue weighted by Gasteiger charge is 2.21. The van der Waals surface area contributed by atoms with E-state index in [1.165, 1.54) is 12.1 Å². The lowest BCUT2D eigenvalue weighted by Crippen LogP contribution is -2.50. The van der Waals surface area contributed by atoms with Gasteiger partial charge in [0.2, 0.25) is 5.91 Å². The molecule has 1 amide bonds. The summed E-state index contributed by atoms with van der Waals surface area (Å²) in [5.74, 6) is -0.243. The fourth-order valence-electron chi connectivity index (χ4n) is 2.88. The number of halogens is 1. The summed E-state index contributed by atoms with van der Waals surface area (Å²) < 4.78 is 13.0. The number of hydrogen-bond donors (Lipinski definition) is 1. The first-order valence-corrected chi connectivity index (χ1v) is 8.18. The van der Waals surface area contributed by atoms with Crippen molar-refractivity contribution < 1.29 is 9.18 Å². The lowest BCUT2D eigenvalue weighted by molar-refractivity contribution is -0.129. The van der Waals surface area contributed by atoms with Crippen LogP contribution in [0.1, 0.15) is 5.56 Å². The molecule has 0 unspecified atom stereocenters. The largest absolute Gasteiger partial charge is 0.375 e. The van der Waals surface area contributed by atoms with E-state index in [4.69, 9.17) is 5.26 Å². The van der Waals surface area contributed by atoms with Gasteiger partial charge in [-0.25, -0.2) is 4.39 Å². The number of carbonyl (C=O) groups excluding carboxylic acids is 1. The number of para-hydroxylation sites is 1. The molecule has 0 radical (unpaired) electrons. The van der Waals surface area contributed by atoms with Crippen LogP contribution in [-0.2, 0) is 4.79 Å². The summed E-state index contributed by atoms with van der Waals surface area (Å²) in [5, 5.41) is 12.1. The van der Waals surface area contributed by atoms with Gasteiger partial charge < -0.3 is 15.1 Å². The number of anilines is 2. The molecule has 0 spiro atoms. The molecule has 1 aliphatic rings. The first kappa shape index (κ1) is 16.8. The van der Waals surface area contributed by atoms with Crippen molar-refractivity contribution in [2.75, 3.05) is 42.9 Å². The molecule has 6 heteroatoms. The summed E-state index contributed by atoms with van der Waals surface area (Å²) in [6.07, 6.45) is 0. The molecule has 0 atom stereocenters. The molecule has 0 bridgehead atoms. The Bertz CT molecular complexity index is 777. The number of nitriles is 1. The summed E-state index contributed by atoms with van der Waals surface area (Å²) in [6, 6.07) is 15.6. The van der Waals surface area contributed by atoms with E-state index in [0.29, 0.717) is 37.4 Å². The molecular formula is C19H19FN4O. The highest BCUT2D eigenvalue weighted by molar-refractivity contribution is 5.81. The van der Waals surface area contributed by atoms with Gasteiger partial charge in [-0.2, -0.15) is 5.26 Å². The Kier molecular flexibility index (Phi) is 5.14. The summed E-state index contributed by atoms with van der Waals surface area (Å²) in [6.45, 7) is 2.84. The van der Waals surface area contributed by atoms with Crippen LogP contribution in [0.4, 0.5) is 15.8 Å². The lowest BCUT2D eigenvalue weighted by Gasteiger charge is -2.36. The minimum absolute atomic E-state index is 0.00602. The van der Waals surface area contributed by atoms with E-state index in [9.17, 15) is 9.18 Å². The minimum Gasteiger partial charge on any atom is -0.375 e. The van der Waals surface area contributed by atoms with Crippen LogP contribution < -0.4 is 10.2 Å². The Morgan fingerprint density at radius 3 is 2.44 bits per heavy atom. The average Bonchev–Trinajstić information content (AvgIpc) is 2.67. The number of amides is 1. The summed E-state index contributed by atoms with van der Waals surface area (Å²) in [5.41, 5.74) is 2.16. The Labute approximate surface area is 146 Å². The third-order valence-electron chi connectivity index (χ3n) is 4.30.